The molecule has 1 aromatic heterocycles. The van der Waals surface area contributed by atoms with Gasteiger partial charge in [-0.25, -0.2) is 4.79 Å². The zero-order chi connectivity index (χ0) is 42.5. The number of nitrogens with zero attached hydrogens (tertiary/aromatic N) is 1. The van der Waals surface area contributed by atoms with E-state index in [-0.39, 0.29) is 63.9 Å². The molecule has 7 nitrogen and oxygen atoms in total. The summed E-state index contributed by atoms with van der Waals surface area (Å²) in [5.74, 6) is 0.685. The van der Waals surface area contributed by atoms with Crippen LogP contribution in [0.5, 0.6) is 0 Å². The second kappa shape index (κ2) is 14.8. The first-order valence-electron chi connectivity index (χ1n) is 22.0. The van der Waals surface area contributed by atoms with Gasteiger partial charge >= 0.3 is 12.3 Å². The molecule has 0 radical (unpaired) electrons. The van der Waals surface area contributed by atoms with Gasteiger partial charge in [0.2, 0.25) is 5.78 Å². The van der Waals surface area contributed by atoms with Crippen LogP contribution < -0.4 is 0 Å². The third kappa shape index (κ3) is 6.58. The number of aliphatic hydroxyl groups is 2. The highest BCUT2D eigenvalue weighted by molar-refractivity contribution is 6.33. The molecule has 1 unspecified atom stereocenters. The molecule has 11 heteroatoms. The summed E-state index contributed by atoms with van der Waals surface area (Å²) >= 11 is 6.40. The summed E-state index contributed by atoms with van der Waals surface area (Å²) in [6, 6.07) is 6.03. The average molecular weight is 840 g/mol. The zero-order valence-corrected chi connectivity index (χ0v) is 36.1. The van der Waals surface area contributed by atoms with E-state index in [2.05, 4.69) is 52.8 Å². The van der Waals surface area contributed by atoms with Crippen LogP contribution in [0, 0.1) is 51.2 Å². The Morgan fingerprint density at radius 3 is 2.42 bits per heavy atom. The Morgan fingerprint density at radius 1 is 1.00 bits per heavy atom. The normalized spacial score (nSPS) is 38.7. The topological polar surface area (TPSA) is 100 Å². The Morgan fingerprint density at radius 2 is 1.71 bits per heavy atom. The summed E-state index contributed by atoms with van der Waals surface area (Å²) in [5, 5.41) is 24.2. The number of furan rings is 1. The summed E-state index contributed by atoms with van der Waals surface area (Å²) < 4.78 is 53.7. The van der Waals surface area contributed by atoms with E-state index in [1.807, 2.05) is 6.92 Å². The predicted octanol–water partition coefficient (Wildman–Crippen LogP) is 11.7. The molecule has 322 valence electrons. The van der Waals surface area contributed by atoms with Gasteiger partial charge in [0.15, 0.2) is 5.76 Å². The van der Waals surface area contributed by atoms with Gasteiger partial charge in [-0.3, -0.25) is 4.79 Å². The first-order chi connectivity index (χ1) is 27.7. The van der Waals surface area contributed by atoms with Crippen molar-refractivity contribution >= 4 is 23.5 Å². The number of Topliss-reactive ketones (excluding diaryl/α,β-unsaturated/α-hetero) is 1. The van der Waals surface area contributed by atoms with Crippen LogP contribution in [0.4, 0.5) is 18.0 Å². The van der Waals surface area contributed by atoms with Gasteiger partial charge in [0, 0.05) is 33.9 Å². The van der Waals surface area contributed by atoms with E-state index in [0.717, 1.165) is 44.2 Å². The number of benzene rings is 1. The molecule has 59 heavy (non-hydrogen) atoms. The lowest BCUT2D eigenvalue weighted by atomic mass is 9.32. The average Bonchev–Trinajstić information content (AvgIpc) is 3.76. The quantitative estimate of drug-likeness (QED) is 0.193. The van der Waals surface area contributed by atoms with Crippen molar-refractivity contribution in [3.63, 3.8) is 0 Å². The monoisotopic (exact) mass is 839 g/mol. The van der Waals surface area contributed by atoms with Gasteiger partial charge in [-0.05, 0) is 130 Å². The van der Waals surface area contributed by atoms with E-state index in [1.165, 1.54) is 18.2 Å². The Bertz CT molecular complexity index is 2040. The minimum absolute atomic E-state index is 0.00241. The van der Waals surface area contributed by atoms with Gasteiger partial charge in [0.05, 0.1) is 28.8 Å². The number of ether oxygens (including phenoxy) is 1. The van der Waals surface area contributed by atoms with Crippen molar-refractivity contribution in [3.05, 3.63) is 70.5 Å². The fraction of sp³-hybridized carbons (Fsp3) is 0.667. The van der Waals surface area contributed by atoms with Crippen LogP contribution in [0.3, 0.4) is 0 Å². The minimum atomic E-state index is -4.59. The number of carbonyl (C=O) groups is 2. The maximum atomic E-state index is 15.1. The molecule has 2 bridgehead atoms. The number of carbonyl (C=O) groups excluding carboxylic acids is 2. The molecule has 0 saturated heterocycles. The molecule has 1 amide bonds. The van der Waals surface area contributed by atoms with Crippen molar-refractivity contribution in [2.75, 3.05) is 13.1 Å². The van der Waals surface area contributed by atoms with Crippen molar-refractivity contribution < 1.29 is 42.1 Å². The number of hydrogen-bond acceptors (Lipinski definition) is 6. The van der Waals surface area contributed by atoms with Crippen LogP contribution in [0.15, 0.2) is 58.6 Å². The first kappa shape index (κ1) is 42.6. The van der Waals surface area contributed by atoms with Gasteiger partial charge in [-0.1, -0.05) is 77.8 Å². The van der Waals surface area contributed by atoms with Crippen LogP contribution in [0.2, 0.25) is 5.02 Å². The van der Waals surface area contributed by atoms with E-state index in [4.69, 9.17) is 20.8 Å². The smallest absolute Gasteiger partial charge is 0.416 e. The van der Waals surface area contributed by atoms with Gasteiger partial charge in [-0.15, -0.1) is 0 Å². The molecule has 1 heterocycles. The van der Waals surface area contributed by atoms with Crippen LogP contribution in [0.1, 0.15) is 128 Å². The summed E-state index contributed by atoms with van der Waals surface area (Å²) in [4.78, 5) is 31.0. The lowest BCUT2D eigenvalue weighted by molar-refractivity contribution is -0.175. The van der Waals surface area contributed by atoms with Crippen molar-refractivity contribution in [1.82, 2.24) is 4.90 Å². The lowest BCUT2D eigenvalue weighted by Gasteiger charge is -2.71. The van der Waals surface area contributed by atoms with Crippen molar-refractivity contribution in [2.45, 2.75) is 136 Å². The summed E-state index contributed by atoms with van der Waals surface area (Å²) in [6.07, 6.45) is 8.94. The Labute approximate surface area is 351 Å². The molecule has 1 aromatic carbocycles. The molecular weight excluding hydrogens is 779 g/mol. The molecule has 4 saturated carbocycles. The van der Waals surface area contributed by atoms with Gasteiger partial charge in [0.1, 0.15) is 11.9 Å². The fourth-order valence-corrected chi connectivity index (χ4v) is 13.7. The fourth-order valence-electron chi connectivity index (χ4n) is 13.5. The number of allylic oxidation sites excluding steroid dienone is 4. The number of ketones is 1. The minimum Gasteiger partial charge on any atom is -0.453 e. The zero-order valence-electron chi connectivity index (χ0n) is 35.3. The largest absolute Gasteiger partial charge is 0.453 e. The summed E-state index contributed by atoms with van der Waals surface area (Å²) in [5.41, 5.74) is -3.89. The van der Waals surface area contributed by atoms with Gasteiger partial charge in [-0.2, -0.15) is 13.2 Å². The molecule has 2 aromatic rings. The maximum Gasteiger partial charge on any atom is 0.416 e. The molecule has 7 aliphatic carbocycles. The number of alkyl halides is 3. The Hall–Kier alpha value is -3.08. The molecular formula is C48H61ClF3NO6. The van der Waals surface area contributed by atoms with E-state index < -0.39 is 39.7 Å². The highest BCUT2D eigenvalue weighted by atomic mass is 35.5. The van der Waals surface area contributed by atoms with E-state index in [9.17, 15) is 28.2 Å². The standard InChI is InChI=1S/C48H61ClF3NO6/c1-7-22-53(42(56)59-38-23-29(4)8-10-32(38)28(2)3)27-46(57)19-16-40-44(46,6)18-15-39-43(5)17-14-31(54)25-45(43)20-21-47(39,40)34(26-45)41(55)37-13-12-36(58-37)33-24-30(48(50,51)52)9-11-35(33)49/h9,11-13,20-21,24,26,28-29,31-32,38-40,54,57H,7-8,10,14-19,22-23,25,27H2,1-6H3/t29-,31?,32+,38-,39+,40+,43+,44-,45-,46+,47+/m0/s1. The van der Waals surface area contributed by atoms with Crippen LogP contribution >= 0.6 is 11.6 Å². The lowest BCUT2D eigenvalue weighted by Crippen LogP contribution is -2.67. The maximum absolute atomic E-state index is 15.1. The van der Waals surface area contributed by atoms with Crippen LogP contribution in [-0.2, 0) is 10.9 Å². The molecule has 11 atom stereocenters. The summed E-state index contributed by atoms with van der Waals surface area (Å²) in [7, 11) is 0. The van der Waals surface area contributed by atoms with Crippen molar-refractivity contribution in [2.24, 2.45) is 51.2 Å². The second-order valence-electron chi connectivity index (χ2n) is 20.2. The summed E-state index contributed by atoms with van der Waals surface area (Å²) in [6.45, 7) is 13.7. The molecule has 7 aliphatic rings. The molecule has 4 fully saturated rings. The number of halogens is 4. The number of fused-ring (bicyclic) bond motifs is 1. The Kier molecular flexibility index (Phi) is 10.7. The molecule has 0 aliphatic heterocycles. The highest BCUT2D eigenvalue weighted by Gasteiger charge is 2.74. The highest BCUT2D eigenvalue weighted by Crippen LogP contribution is 2.78. The Balaban J connectivity index is 1.15. The van der Waals surface area contributed by atoms with E-state index in [1.54, 1.807) is 4.90 Å². The number of hydrogen-bond donors (Lipinski definition) is 2. The third-order valence-electron chi connectivity index (χ3n) is 16.8. The van der Waals surface area contributed by atoms with Gasteiger partial charge in [0.25, 0.3) is 0 Å². The molecule has 2 N–H and O–H groups in total. The van der Waals surface area contributed by atoms with Crippen LogP contribution in [-0.4, -0.2) is 57.9 Å². The van der Waals surface area contributed by atoms with Crippen molar-refractivity contribution in [3.8, 4) is 11.3 Å². The molecule has 9 rings (SSSR count). The second-order valence-corrected chi connectivity index (χ2v) is 20.6. The number of aliphatic hydroxyl groups excluding tert-OH is 1. The first-order valence-corrected chi connectivity index (χ1v) is 22.4. The van der Waals surface area contributed by atoms with E-state index >= 15 is 4.79 Å². The number of rotatable bonds is 9. The van der Waals surface area contributed by atoms with Crippen molar-refractivity contribution in [1.29, 1.82) is 0 Å². The van der Waals surface area contributed by atoms with E-state index in [0.29, 0.717) is 68.4 Å². The number of amides is 1. The van der Waals surface area contributed by atoms with Gasteiger partial charge < -0.3 is 24.3 Å². The van der Waals surface area contributed by atoms with Crippen LogP contribution in [0.25, 0.3) is 11.3 Å². The third-order valence-corrected chi connectivity index (χ3v) is 17.1. The predicted molar refractivity (Wildman–Crippen MR) is 221 cm³/mol. The molecule has 2 spiro atoms. The SMILES string of the molecule is CCCN(C[C@]1(O)CC[C@H]2[C@]34C=C[C@@]5(C=C3C(=O)c3ccc(-c6cc(C(F)(F)F)ccc6Cl)o3)CC(O)CC[C@]5(C)[C@H]4CC[C@@]21C)C(=O)O[C@H]1C[C@@H](C)CC[C@@H]1C(C)C.